The third-order valence-electron chi connectivity index (χ3n) is 23.1. The van der Waals surface area contributed by atoms with E-state index in [0.717, 1.165) is 0 Å². The third kappa shape index (κ3) is 9.84. The Morgan fingerprint density at radius 1 is 0.0943 bits per heavy atom. The molecule has 0 aliphatic heterocycles. The predicted octanol–water partition coefficient (Wildman–Crippen LogP) is 30.0. The quantitative estimate of drug-likeness (QED) is 0.133. The van der Waals surface area contributed by atoms with Crippen molar-refractivity contribution in [2.75, 3.05) is 0 Å². The molecular formula is C106H64. The van der Waals surface area contributed by atoms with Crippen molar-refractivity contribution < 1.29 is 0 Å². The molecule has 0 radical (unpaired) electrons. The largest absolute Gasteiger partial charge is 0.0616 e. The van der Waals surface area contributed by atoms with Crippen molar-refractivity contribution in [3.05, 3.63) is 388 Å². The molecule has 0 fully saturated rings. The minimum absolute atomic E-state index is 1.18. The van der Waals surface area contributed by atoms with Gasteiger partial charge in [0.2, 0.25) is 0 Å². The Bertz CT molecular complexity index is 6600. The van der Waals surface area contributed by atoms with Crippen LogP contribution in [-0.4, -0.2) is 0 Å². The standard InChI is InChI=1S/C106H64/c1-5-21-89-65(13-1)17-9-25-93(89)85-41-37-69-53-73(29-33-77(69)57-85)81-45-49-97-98-50-46-83(75-31-35-79-59-87(43-39-71(79)55-75)95-27-11-19-67-15-3-7-23-91(67)95)63-103(98)106-104-64-84(76-32-36-80-60-88(44-40-72(80)56-76)96-28-12-20-68-16-4-8-24-92(68)96)48-52-100(104)99-51-47-82(62-102(99)105(106)101(97)61-81)74-30-34-78-58-86(42-38-70(78)54-74)94-26-10-18-66-14-2-6-22-90(66)94/h1-64H. The number of hydrogen-bond acceptors (Lipinski definition) is 0. The Kier molecular flexibility index (Phi) is 13.5. The van der Waals surface area contributed by atoms with Gasteiger partial charge in [0.25, 0.3) is 0 Å². The Hall–Kier alpha value is -13.8. The summed E-state index contributed by atoms with van der Waals surface area (Å²) in [5.41, 5.74) is 19.3. The molecule has 0 saturated carbocycles. The lowest BCUT2D eigenvalue weighted by atomic mass is 9.83. The summed E-state index contributed by atoms with van der Waals surface area (Å²) < 4.78 is 0. The highest BCUT2D eigenvalue weighted by molar-refractivity contribution is 6.40. The van der Waals surface area contributed by atoms with E-state index in [2.05, 4.69) is 388 Å². The first kappa shape index (κ1) is 59.9. The molecule has 0 aromatic heterocycles. The number of benzene rings is 22. The fourth-order valence-corrected chi connectivity index (χ4v) is 17.8. The predicted molar refractivity (Wildman–Crippen MR) is 458 cm³/mol. The van der Waals surface area contributed by atoms with E-state index >= 15 is 0 Å². The fourth-order valence-electron chi connectivity index (χ4n) is 17.8. The summed E-state index contributed by atoms with van der Waals surface area (Å²) in [5.74, 6) is 0. The second-order valence-corrected chi connectivity index (χ2v) is 29.0. The third-order valence-corrected chi connectivity index (χ3v) is 23.1. The minimum Gasteiger partial charge on any atom is -0.0616 e. The minimum atomic E-state index is 1.18. The molecular weight excluding hydrogens is 1270 g/mol. The lowest BCUT2D eigenvalue weighted by molar-refractivity contribution is 1.65. The van der Waals surface area contributed by atoms with E-state index in [9.17, 15) is 0 Å². The fraction of sp³-hybridized carbons (Fsp3) is 0. The van der Waals surface area contributed by atoms with Gasteiger partial charge in [-0.2, -0.15) is 0 Å². The van der Waals surface area contributed by atoms with E-state index in [4.69, 9.17) is 0 Å². The van der Waals surface area contributed by atoms with Gasteiger partial charge in [-0.15, -0.1) is 0 Å². The van der Waals surface area contributed by atoms with Gasteiger partial charge in [-0.3, -0.25) is 0 Å². The Labute approximate surface area is 613 Å². The highest BCUT2D eigenvalue weighted by Crippen LogP contribution is 2.49. The molecule has 0 heteroatoms. The van der Waals surface area contributed by atoms with E-state index in [1.54, 1.807) is 0 Å². The molecule has 0 heterocycles. The first-order valence-electron chi connectivity index (χ1n) is 36.9. The number of fused-ring (bicyclic) bond motifs is 19. The van der Waals surface area contributed by atoms with Crippen molar-refractivity contribution in [1.29, 1.82) is 0 Å². The highest BCUT2D eigenvalue weighted by atomic mass is 14.2. The van der Waals surface area contributed by atoms with Crippen LogP contribution in [0.5, 0.6) is 0 Å². The van der Waals surface area contributed by atoms with E-state index in [1.807, 2.05) is 0 Å². The van der Waals surface area contributed by atoms with Crippen LogP contribution < -0.4 is 0 Å². The maximum atomic E-state index is 2.51. The molecule has 0 nitrogen and oxygen atoms in total. The first-order chi connectivity index (χ1) is 52.5. The molecule has 488 valence electrons. The molecule has 0 aliphatic rings. The van der Waals surface area contributed by atoms with Crippen LogP contribution in [0.25, 0.3) is 229 Å². The topological polar surface area (TPSA) is 0 Å². The molecule has 0 saturated heterocycles. The lowest BCUT2D eigenvalue weighted by Gasteiger charge is -2.19. The van der Waals surface area contributed by atoms with E-state index in [0.29, 0.717) is 0 Å². The molecule has 0 aliphatic carbocycles. The number of rotatable bonds is 8. The van der Waals surface area contributed by atoms with Gasteiger partial charge in [-0.05, 0) is 302 Å². The summed E-state index contributed by atoms with van der Waals surface area (Å²) in [7, 11) is 0. The highest BCUT2D eigenvalue weighted by Gasteiger charge is 2.21. The maximum Gasteiger partial charge on any atom is -0.00134 e. The van der Waals surface area contributed by atoms with Gasteiger partial charge in [0.05, 0.1) is 0 Å². The normalized spacial score (nSPS) is 12.0. The van der Waals surface area contributed by atoms with Gasteiger partial charge in [-0.25, -0.2) is 0 Å². The van der Waals surface area contributed by atoms with E-state index in [-0.39, 0.29) is 0 Å². The van der Waals surface area contributed by atoms with Crippen molar-refractivity contribution in [1.82, 2.24) is 0 Å². The molecule has 22 aromatic rings. The second-order valence-electron chi connectivity index (χ2n) is 29.0. The SMILES string of the molecule is c1ccc2c(-c3ccc4cc(-c5ccc6c7ccc(-c8ccc9cc(-c%10cccc%11ccccc%10%11)ccc9c8)cc7c7c8cc(-c9ccc%10cc(-c%11cccc%12ccccc%11%12)ccc%10c9)ccc8c8ccc(-c9ccc%10cc(-c%11cccc%12ccccc%11%12)ccc%10c9)cc8c7c6c5)ccc4c3)cccc2c1. The monoisotopic (exact) mass is 1340 g/mol. The average Bonchev–Trinajstić information content (AvgIpc) is 0.699. The average molecular weight is 1340 g/mol. The molecule has 0 amide bonds. The molecule has 0 unspecified atom stereocenters. The van der Waals surface area contributed by atoms with Crippen molar-refractivity contribution in [3.63, 3.8) is 0 Å². The van der Waals surface area contributed by atoms with Crippen LogP contribution in [0.15, 0.2) is 388 Å². The van der Waals surface area contributed by atoms with Crippen LogP contribution in [0, 0.1) is 0 Å². The molecule has 0 bridgehead atoms. The smallest absolute Gasteiger partial charge is 0.00134 e. The van der Waals surface area contributed by atoms with Crippen molar-refractivity contribution >= 4 is 140 Å². The van der Waals surface area contributed by atoms with E-state index in [1.165, 1.54) is 229 Å². The van der Waals surface area contributed by atoms with Gasteiger partial charge in [-0.1, -0.05) is 315 Å². The molecule has 22 aromatic carbocycles. The first-order valence-corrected chi connectivity index (χ1v) is 36.9. The van der Waals surface area contributed by atoms with Crippen molar-refractivity contribution in [2.45, 2.75) is 0 Å². The van der Waals surface area contributed by atoms with Crippen LogP contribution in [0.4, 0.5) is 0 Å². The Morgan fingerprint density at radius 3 is 0.509 bits per heavy atom. The zero-order valence-corrected chi connectivity index (χ0v) is 58.0. The van der Waals surface area contributed by atoms with Crippen LogP contribution in [0.1, 0.15) is 0 Å². The summed E-state index contributed by atoms with van der Waals surface area (Å²) in [6, 6.07) is 147. The van der Waals surface area contributed by atoms with Gasteiger partial charge in [0.15, 0.2) is 0 Å². The molecule has 22 rings (SSSR count). The summed E-state index contributed by atoms with van der Waals surface area (Å²) in [5, 5.41) is 32.1. The second kappa shape index (κ2) is 23.9. The zero-order chi connectivity index (χ0) is 69.5. The Morgan fingerprint density at radius 2 is 0.274 bits per heavy atom. The summed E-state index contributed by atoms with van der Waals surface area (Å²) >= 11 is 0. The summed E-state index contributed by atoms with van der Waals surface area (Å²) in [6.07, 6.45) is 0. The van der Waals surface area contributed by atoms with Crippen LogP contribution in [0.2, 0.25) is 0 Å². The summed E-state index contributed by atoms with van der Waals surface area (Å²) in [6.45, 7) is 0. The van der Waals surface area contributed by atoms with Gasteiger partial charge >= 0.3 is 0 Å². The lowest BCUT2D eigenvalue weighted by Crippen LogP contribution is -1.92. The van der Waals surface area contributed by atoms with Gasteiger partial charge in [0.1, 0.15) is 0 Å². The van der Waals surface area contributed by atoms with Gasteiger partial charge in [0, 0.05) is 0 Å². The molecule has 0 spiro atoms. The van der Waals surface area contributed by atoms with Crippen molar-refractivity contribution in [3.8, 4) is 89.0 Å². The zero-order valence-electron chi connectivity index (χ0n) is 58.0. The van der Waals surface area contributed by atoms with Gasteiger partial charge < -0.3 is 0 Å². The molecule has 106 heavy (non-hydrogen) atoms. The number of hydrogen-bond donors (Lipinski definition) is 0. The van der Waals surface area contributed by atoms with E-state index < -0.39 is 0 Å². The summed E-state index contributed by atoms with van der Waals surface area (Å²) in [4.78, 5) is 0. The van der Waals surface area contributed by atoms with Crippen molar-refractivity contribution in [2.24, 2.45) is 0 Å². The van der Waals surface area contributed by atoms with Crippen LogP contribution >= 0.6 is 0 Å². The Balaban J connectivity index is 0.761. The van der Waals surface area contributed by atoms with Crippen LogP contribution in [-0.2, 0) is 0 Å². The molecule has 0 atom stereocenters. The molecule has 0 N–H and O–H groups in total. The maximum absolute atomic E-state index is 2.51. The van der Waals surface area contributed by atoms with Crippen LogP contribution in [0.3, 0.4) is 0 Å².